The summed E-state index contributed by atoms with van der Waals surface area (Å²) in [6.07, 6.45) is -1.61. The lowest BCUT2D eigenvalue weighted by molar-refractivity contribution is -0.384. The summed E-state index contributed by atoms with van der Waals surface area (Å²) in [4.78, 5) is 26.1. The Labute approximate surface area is 195 Å². The van der Waals surface area contributed by atoms with Crippen LogP contribution >= 0.6 is 0 Å². The zero-order chi connectivity index (χ0) is 23.4. The van der Waals surface area contributed by atoms with Gasteiger partial charge in [0.2, 0.25) is 5.60 Å². The summed E-state index contributed by atoms with van der Waals surface area (Å²) in [5.41, 5.74) is 1.48. The molecule has 0 aliphatic carbocycles. The highest BCUT2D eigenvalue weighted by atomic mass is 16.7. The number of anilines is 1. The van der Waals surface area contributed by atoms with Gasteiger partial charge in [0.1, 0.15) is 6.10 Å². The molecule has 0 saturated carbocycles. The maximum atomic E-state index is 13.8. The van der Waals surface area contributed by atoms with Gasteiger partial charge in [-0.1, -0.05) is 60.7 Å². The predicted molar refractivity (Wildman–Crippen MR) is 126 cm³/mol. The van der Waals surface area contributed by atoms with Gasteiger partial charge in [-0.3, -0.25) is 14.9 Å². The molecule has 34 heavy (non-hydrogen) atoms. The molecule has 7 heteroatoms. The minimum atomic E-state index is -1.41. The van der Waals surface area contributed by atoms with Crippen molar-refractivity contribution in [2.75, 3.05) is 11.9 Å². The molecule has 0 radical (unpaired) electrons. The zero-order valence-corrected chi connectivity index (χ0v) is 18.3. The number of fused-ring (bicyclic) bond motifs is 3. The van der Waals surface area contributed by atoms with Crippen LogP contribution in [0.4, 0.5) is 11.4 Å². The summed E-state index contributed by atoms with van der Waals surface area (Å²) in [6, 6.07) is 27.4. The second-order valence-electron chi connectivity index (χ2n) is 8.50. The van der Waals surface area contributed by atoms with E-state index in [2.05, 4.69) is 0 Å². The Kier molecular flexibility index (Phi) is 4.52. The lowest BCUT2D eigenvalue weighted by atomic mass is 9.85. The van der Waals surface area contributed by atoms with Crippen molar-refractivity contribution in [2.45, 2.75) is 18.0 Å². The number of benzene rings is 4. The van der Waals surface area contributed by atoms with Crippen molar-refractivity contribution in [1.29, 1.82) is 0 Å². The number of carbonyl (C=O) groups excluding carboxylic acids is 1. The third kappa shape index (κ3) is 2.81. The molecule has 4 aromatic rings. The number of nitro groups is 1. The first-order valence-corrected chi connectivity index (χ1v) is 10.9. The largest absolute Gasteiger partial charge is 0.336 e. The van der Waals surface area contributed by atoms with Gasteiger partial charge in [-0.15, -0.1) is 0 Å². The number of likely N-dealkylation sites (N-methyl/N-ethyl adjacent to an activating group) is 1. The van der Waals surface area contributed by atoms with Crippen LogP contribution in [0, 0.1) is 10.1 Å². The molecule has 1 saturated heterocycles. The van der Waals surface area contributed by atoms with Crippen LogP contribution in [-0.4, -0.2) is 17.9 Å². The quantitative estimate of drug-likeness (QED) is 0.307. The van der Waals surface area contributed by atoms with Crippen LogP contribution in [0.3, 0.4) is 0 Å². The smallest absolute Gasteiger partial charge is 0.269 e. The number of hydrogen-bond acceptors (Lipinski definition) is 5. The van der Waals surface area contributed by atoms with Gasteiger partial charge in [0.15, 0.2) is 6.29 Å². The zero-order valence-electron chi connectivity index (χ0n) is 18.3. The molecule has 1 fully saturated rings. The second-order valence-corrected chi connectivity index (χ2v) is 8.50. The van der Waals surface area contributed by atoms with Crippen LogP contribution < -0.4 is 4.90 Å². The molecule has 0 unspecified atom stereocenters. The predicted octanol–water partition coefficient (Wildman–Crippen LogP) is 5.41. The van der Waals surface area contributed by atoms with Gasteiger partial charge < -0.3 is 14.4 Å². The van der Waals surface area contributed by atoms with Gasteiger partial charge in [0, 0.05) is 30.3 Å². The Bertz CT molecular complexity index is 1450. The number of ether oxygens (including phenoxy) is 2. The van der Waals surface area contributed by atoms with Crippen LogP contribution in [0.2, 0.25) is 0 Å². The van der Waals surface area contributed by atoms with Crippen molar-refractivity contribution in [1.82, 2.24) is 0 Å². The first-order chi connectivity index (χ1) is 16.5. The molecule has 1 amide bonds. The van der Waals surface area contributed by atoms with Gasteiger partial charge in [0.05, 0.1) is 10.6 Å². The number of nitrogens with zero attached hydrogens (tertiary/aromatic N) is 2. The van der Waals surface area contributed by atoms with E-state index in [1.54, 1.807) is 24.1 Å². The summed E-state index contributed by atoms with van der Waals surface area (Å²) < 4.78 is 13.1. The van der Waals surface area contributed by atoms with Crippen LogP contribution in [0.1, 0.15) is 29.1 Å². The van der Waals surface area contributed by atoms with E-state index >= 15 is 0 Å². The van der Waals surface area contributed by atoms with E-state index in [4.69, 9.17) is 9.47 Å². The molecular weight excluding hydrogens is 432 g/mol. The molecular formula is C27H20N2O5. The summed E-state index contributed by atoms with van der Waals surface area (Å²) in [7, 11) is 1.72. The molecule has 6 rings (SSSR count). The average molecular weight is 452 g/mol. The molecule has 4 aromatic carbocycles. The monoisotopic (exact) mass is 452 g/mol. The number of rotatable bonds is 3. The Balaban J connectivity index is 1.54. The number of non-ortho nitro benzene ring substituents is 1. The van der Waals surface area contributed by atoms with Crippen molar-refractivity contribution >= 4 is 28.1 Å². The van der Waals surface area contributed by atoms with E-state index in [9.17, 15) is 14.9 Å². The van der Waals surface area contributed by atoms with Crippen molar-refractivity contribution < 1.29 is 19.2 Å². The third-order valence-corrected chi connectivity index (χ3v) is 6.69. The van der Waals surface area contributed by atoms with E-state index in [0.29, 0.717) is 11.1 Å². The van der Waals surface area contributed by atoms with E-state index in [0.717, 1.165) is 22.0 Å². The highest BCUT2D eigenvalue weighted by molar-refractivity contribution is 6.07. The summed E-state index contributed by atoms with van der Waals surface area (Å²) in [5.74, 6) is -0.236. The summed E-state index contributed by atoms with van der Waals surface area (Å²) in [5, 5.41) is 13.2. The molecule has 168 valence electrons. The van der Waals surface area contributed by atoms with E-state index in [1.807, 2.05) is 66.7 Å². The number of carbonyl (C=O) groups is 1. The van der Waals surface area contributed by atoms with Crippen LogP contribution in [0.25, 0.3) is 10.8 Å². The number of nitro benzene ring substituents is 1. The average Bonchev–Trinajstić information content (AvgIpc) is 3.37. The molecule has 0 aromatic heterocycles. The minimum absolute atomic E-state index is 0.0300. The summed E-state index contributed by atoms with van der Waals surface area (Å²) >= 11 is 0. The van der Waals surface area contributed by atoms with Crippen LogP contribution in [-0.2, 0) is 19.9 Å². The van der Waals surface area contributed by atoms with Gasteiger partial charge in [0.25, 0.3) is 11.6 Å². The van der Waals surface area contributed by atoms with E-state index < -0.39 is 22.9 Å². The van der Waals surface area contributed by atoms with Crippen LogP contribution in [0.5, 0.6) is 0 Å². The SMILES string of the molecule is CN1C(=O)[C@@]2(O[C@@H](c3cccc4ccccc34)O[C@@H]2c2ccc([N+](=O)[O-])cc2)c2ccccc21. The molecule has 3 atom stereocenters. The van der Waals surface area contributed by atoms with Crippen molar-refractivity contribution in [3.8, 4) is 0 Å². The fourth-order valence-electron chi connectivity index (χ4n) is 5.08. The molecule has 1 spiro atoms. The summed E-state index contributed by atoms with van der Waals surface area (Å²) in [6.45, 7) is 0. The van der Waals surface area contributed by atoms with Gasteiger partial charge in [-0.25, -0.2) is 0 Å². The van der Waals surface area contributed by atoms with Crippen molar-refractivity contribution in [3.05, 3.63) is 118 Å². The Morgan fingerprint density at radius 2 is 1.62 bits per heavy atom. The third-order valence-electron chi connectivity index (χ3n) is 6.69. The van der Waals surface area contributed by atoms with Gasteiger partial charge in [-0.05, 0) is 34.5 Å². The van der Waals surface area contributed by atoms with Crippen molar-refractivity contribution in [3.63, 3.8) is 0 Å². The first kappa shape index (κ1) is 20.5. The molecule has 2 heterocycles. The fraction of sp³-hybridized carbons (Fsp3) is 0.148. The second kappa shape index (κ2) is 7.48. The minimum Gasteiger partial charge on any atom is -0.336 e. The molecule has 7 nitrogen and oxygen atoms in total. The Hall–Kier alpha value is -4.07. The van der Waals surface area contributed by atoms with E-state index in [-0.39, 0.29) is 11.6 Å². The topological polar surface area (TPSA) is 81.9 Å². The molecule has 0 bridgehead atoms. The Morgan fingerprint density at radius 3 is 2.41 bits per heavy atom. The van der Waals surface area contributed by atoms with Crippen molar-refractivity contribution in [2.24, 2.45) is 0 Å². The normalized spacial score (nSPS) is 23.6. The molecule has 0 N–H and O–H groups in total. The number of amides is 1. The maximum Gasteiger partial charge on any atom is 0.269 e. The Morgan fingerprint density at radius 1 is 0.912 bits per heavy atom. The van der Waals surface area contributed by atoms with Gasteiger partial charge >= 0.3 is 0 Å². The molecule has 2 aliphatic heterocycles. The standard InChI is InChI=1S/C27H20N2O5/c1-28-23-12-5-4-11-22(23)27(26(28)30)24(18-13-15-19(16-14-18)29(31)32)33-25(34-27)21-10-6-8-17-7-2-3-9-20(17)21/h2-16,24-25H,1H3/t24-,25+,27-/m1/s1. The highest BCUT2D eigenvalue weighted by Crippen LogP contribution is 2.58. The molecule has 2 aliphatic rings. The van der Waals surface area contributed by atoms with E-state index in [1.165, 1.54) is 12.1 Å². The lowest BCUT2D eigenvalue weighted by Gasteiger charge is -2.27. The number of hydrogen-bond donors (Lipinski definition) is 0. The lowest BCUT2D eigenvalue weighted by Crippen LogP contribution is -2.42. The number of para-hydroxylation sites is 1. The fourth-order valence-corrected chi connectivity index (χ4v) is 5.08. The maximum absolute atomic E-state index is 13.8. The van der Waals surface area contributed by atoms with Crippen LogP contribution in [0.15, 0.2) is 91.0 Å². The highest BCUT2D eigenvalue weighted by Gasteiger charge is 2.63. The van der Waals surface area contributed by atoms with Gasteiger partial charge in [-0.2, -0.15) is 0 Å². The first-order valence-electron chi connectivity index (χ1n) is 10.9.